The summed E-state index contributed by atoms with van der Waals surface area (Å²) in [5.74, 6) is 0.520. The molecule has 24 heavy (non-hydrogen) atoms. The number of anilines is 1. The van der Waals surface area contributed by atoms with Gasteiger partial charge < -0.3 is 4.90 Å². The van der Waals surface area contributed by atoms with E-state index in [1.807, 2.05) is 6.92 Å². The van der Waals surface area contributed by atoms with Crippen LogP contribution in [-0.4, -0.2) is 35.6 Å². The number of aromatic nitrogens is 3. The lowest BCUT2D eigenvalue weighted by molar-refractivity contribution is -0.116. The zero-order valence-corrected chi connectivity index (χ0v) is 14.4. The van der Waals surface area contributed by atoms with Crippen molar-refractivity contribution in [3.8, 4) is 0 Å². The maximum absolute atomic E-state index is 12.5. The summed E-state index contributed by atoms with van der Waals surface area (Å²) in [6, 6.07) is 4.84. The van der Waals surface area contributed by atoms with Crippen LogP contribution in [0.15, 0.2) is 29.4 Å². The topological polar surface area (TPSA) is 97.2 Å². The molecular weight excluding hydrogens is 330 g/mol. The van der Waals surface area contributed by atoms with E-state index in [0.29, 0.717) is 25.3 Å². The maximum atomic E-state index is 12.5. The van der Waals surface area contributed by atoms with Crippen LogP contribution < -0.4 is 9.62 Å². The Morgan fingerprint density at radius 3 is 2.88 bits per heavy atom. The summed E-state index contributed by atoms with van der Waals surface area (Å²) in [5, 5.41) is 4.01. The third kappa shape index (κ3) is 3.04. The number of carbonyl (C=O) groups is 1. The number of benzene rings is 1. The van der Waals surface area contributed by atoms with Crippen molar-refractivity contribution in [1.29, 1.82) is 0 Å². The number of nitrogens with one attached hydrogen (secondary N) is 1. The molecular formula is C15H19N5O3S. The molecule has 9 heteroatoms. The van der Waals surface area contributed by atoms with Gasteiger partial charge in [0.2, 0.25) is 15.9 Å². The number of hydrogen-bond acceptors (Lipinski definition) is 5. The summed E-state index contributed by atoms with van der Waals surface area (Å²) < 4.78 is 29.2. The van der Waals surface area contributed by atoms with Crippen LogP contribution >= 0.6 is 0 Å². The fourth-order valence-corrected chi connectivity index (χ4v) is 3.83. The average molecular weight is 349 g/mol. The molecule has 0 saturated heterocycles. The molecule has 1 aromatic heterocycles. The SMILES string of the molecule is CCn1ncnc1CNS(=O)(=O)c1ccc2c(c1)CCN2C(C)=O. The van der Waals surface area contributed by atoms with Gasteiger partial charge in [0, 0.05) is 25.7 Å². The second kappa shape index (κ2) is 6.33. The first kappa shape index (κ1) is 16.6. The van der Waals surface area contributed by atoms with E-state index in [9.17, 15) is 13.2 Å². The molecule has 0 spiro atoms. The van der Waals surface area contributed by atoms with Crippen LogP contribution in [0.1, 0.15) is 25.2 Å². The van der Waals surface area contributed by atoms with Crippen molar-refractivity contribution in [2.24, 2.45) is 0 Å². The summed E-state index contributed by atoms with van der Waals surface area (Å²) in [5.41, 5.74) is 1.65. The first-order valence-electron chi connectivity index (χ1n) is 7.69. The van der Waals surface area contributed by atoms with Crippen LogP contribution in [-0.2, 0) is 34.3 Å². The highest BCUT2D eigenvalue weighted by Crippen LogP contribution is 2.30. The number of nitrogens with zero attached hydrogens (tertiary/aromatic N) is 4. The van der Waals surface area contributed by atoms with E-state index in [4.69, 9.17) is 0 Å². The highest BCUT2D eigenvalue weighted by Gasteiger charge is 2.24. The van der Waals surface area contributed by atoms with Gasteiger partial charge in [0.1, 0.15) is 12.2 Å². The van der Waals surface area contributed by atoms with Gasteiger partial charge in [-0.3, -0.25) is 4.79 Å². The zero-order chi connectivity index (χ0) is 17.3. The molecule has 3 rings (SSSR count). The molecule has 1 aliphatic heterocycles. The first-order valence-corrected chi connectivity index (χ1v) is 9.18. The molecule has 1 aromatic carbocycles. The van der Waals surface area contributed by atoms with Crippen molar-refractivity contribution in [3.63, 3.8) is 0 Å². The zero-order valence-electron chi connectivity index (χ0n) is 13.6. The summed E-state index contributed by atoms with van der Waals surface area (Å²) in [7, 11) is -3.66. The second-order valence-corrected chi connectivity index (χ2v) is 7.29. The number of carbonyl (C=O) groups excluding carboxylic acids is 1. The Morgan fingerprint density at radius 1 is 1.38 bits per heavy atom. The van der Waals surface area contributed by atoms with Gasteiger partial charge in [0.25, 0.3) is 0 Å². The molecule has 0 aliphatic carbocycles. The minimum absolute atomic E-state index is 0.0404. The molecule has 128 valence electrons. The lowest BCUT2D eigenvalue weighted by atomic mass is 10.2. The normalized spacial score (nSPS) is 14.0. The number of fused-ring (bicyclic) bond motifs is 1. The summed E-state index contributed by atoms with van der Waals surface area (Å²) >= 11 is 0. The van der Waals surface area contributed by atoms with E-state index >= 15 is 0 Å². The Labute approximate surface area is 140 Å². The Balaban J connectivity index is 1.80. The van der Waals surface area contributed by atoms with Gasteiger partial charge in [-0.1, -0.05) is 0 Å². The minimum Gasteiger partial charge on any atom is -0.312 e. The number of aryl methyl sites for hydroxylation is 1. The van der Waals surface area contributed by atoms with E-state index in [-0.39, 0.29) is 17.3 Å². The smallest absolute Gasteiger partial charge is 0.240 e. The first-order chi connectivity index (χ1) is 11.4. The number of sulfonamides is 1. The third-order valence-corrected chi connectivity index (χ3v) is 5.45. The van der Waals surface area contributed by atoms with E-state index in [1.54, 1.807) is 21.7 Å². The Kier molecular flexibility index (Phi) is 4.37. The van der Waals surface area contributed by atoms with Crippen LogP contribution in [0.25, 0.3) is 0 Å². The van der Waals surface area contributed by atoms with Crippen molar-refractivity contribution >= 4 is 21.6 Å². The van der Waals surface area contributed by atoms with Crippen molar-refractivity contribution in [2.45, 2.75) is 38.3 Å². The number of hydrogen-bond donors (Lipinski definition) is 1. The van der Waals surface area contributed by atoms with Crippen molar-refractivity contribution in [3.05, 3.63) is 35.9 Å². The average Bonchev–Trinajstić information content (AvgIpc) is 3.18. The molecule has 8 nitrogen and oxygen atoms in total. The van der Waals surface area contributed by atoms with Crippen molar-refractivity contribution in [2.75, 3.05) is 11.4 Å². The van der Waals surface area contributed by atoms with Gasteiger partial charge in [-0.2, -0.15) is 5.10 Å². The molecule has 0 fully saturated rings. The van der Waals surface area contributed by atoms with E-state index in [2.05, 4.69) is 14.8 Å². The highest BCUT2D eigenvalue weighted by molar-refractivity contribution is 7.89. The second-order valence-electron chi connectivity index (χ2n) is 5.53. The van der Waals surface area contributed by atoms with Crippen molar-refractivity contribution < 1.29 is 13.2 Å². The summed E-state index contributed by atoms with van der Waals surface area (Å²) in [6.07, 6.45) is 2.06. The van der Waals surface area contributed by atoms with Crippen LogP contribution in [0, 0.1) is 0 Å². The fraction of sp³-hybridized carbons (Fsp3) is 0.400. The Hall–Kier alpha value is -2.26. The fourth-order valence-electron chi connectivity index (χ4n) is 2.80. The standard InChI is InChI=1S/C15H19N5O3S/c1-3-20-15(16-10-17-20)9-18-24(22,23)13-4-5-14-12(8-13)6-7-19(14)11(2)21/h4-5,8,10,18H,3,6-7,9H2,1-2H3. The highest BCUT2D eigenvalue weighted by atomic mass is 32.2. The maximum Gasteiger partial charge on any atom is 0.240 e. The van der Waals surface area contributed by atoms with Crippen molar-refractivity contribution in [1.82, 2.24) is 19.5 Å². The van der Waals surface area contributed by atoms with Gasteiger partial charge in [0.05, 0.1) is 11.4 Å². The molecule has 0 bridgehead atoms. The van der Waals surface area contributed by atoms with Crippen LogP contribution in [0.5, 0.6) is 0 Å². The van der Waals surface area contributed by atoms with E-state index in [1.165, 1.54) is 19.3 Å². The molecule has 2 aromatic rings. The van der Waals surface area contributed by atoms with Gasteiger partial charge in [-0.05, 0) is 37.1 Å². The number of rotatable bonds is 5. The molecule has 1 aliphatic rings. The Bertz CT molecular complexity index is 875. The predicted octanol–water partition coefficient (Wildman–Crippen LogP) is 0.686. The lowest BCUT2D eigenvalue weighted by Gasteiger charge is -2.15. The summed E-state index contributed by atoms with van der Waals surface area (Å²) in [4.78, 5) is 17.5. The quantitative estimate of drug-likeness (QED) is 0.856. The monoisotopic (exact) mass is 349 g/mol. The van der Waals surface area contributed by atoms with Crippen LogP contribution in [0.2, 0.25) is 0 Å². The summed E-state index contributed by atoms with van der Waals surface area (Å²) in [6.45, 7) is 4.70. The van der Waals surface area contributed by atoms with E-state index < -0.39 is 10.0 Å². The van der Waals surface area contributed by atoms with Gasteiger partial charge >= 0.3 is 0 Å². The predicted molar refractivity (Wildman–Crippen MR) is 87.9 cm³/mol. The van der Waals surface area contributed by atoms with Gasteiger partial charge in [-0.15, -0.1) is 0 Å². The number of amides is 1. The molecule has 0 radical (unpaired) electrons. The molecule has 0 atom stereocenters. The van der Waals surface area contributed by atoms with E-state index in [0.717, 1.165) is 11.3 Å². The molecule has 1 N–H and O–H groups in total. The molecule has 1 amide bonds. The largest absolute Gasteiger partial charge is 0.312 e. The third-order valence-electron chi connectivity index (χ3n) is 4.05. The lowest BCUT2D eigenvalue weighted by Crippen LogP contribution is -2.26. The van der Waals surface area contributed by atoms with Crippen LogP contribution in [0.3, 0.4) is 0 Å². The Morgan fingerprint density at radius 2 is 2.17 bits per heavy atom. The van der Waals surface area contributed by atoms with Gasteiger partial charge in [0.15, 0.2) is 0 Å². The minimum atomic E-state index is -3.66. The van der Waals surface area contributed by atoms with Crippen LogP contribution in [0.4, 0.5) is 5.69 Å². The van der Waals surface area contributed by atoms with Gasteiger partial charge in [-0.25, -0.2) is 22.8 Å². The molecule has 0 saturated carbocycles. The molecule has 0 unspecified atom stereocenters. The molecule has 2 heterocycles.